The molecule has 11 rings (SSSR count). The minimum Gasteiger partial charge on any atom is -0.494 e. The van der Waals surface area contributed by atoms with Crippen molar-refractivity contribution < 1.29 is 38.2 Å². The van der Waals surface area contributed by atoms with E-state index >= 15 is 0 Å². The van der Waals surface area contributed by atoms with Gasteiger partial charge in [0.05, 0.1) is 54.2 Å². The Morgan fingerprint density at radius 2 is 1.71 bits per heavy atom. The van der Waals surface area contributed by atoms with E-state index in [1.165, 1.54) is 0 Å². The van der Waals surface area contributed by atoms with Gasteiger partial charge in [0.2, 0.25) is 17.7 Å². The minimum absolute atomic E-state index is 0.0702. The highest BCUT2D eigenvalue weighted by atomic mass is 16.5. The van der Waals surface area contributed by atoms with Crippen LogP contribution >= 0.6 is 0 Å². The van der Waals surface area contributed by atoms with Crippen LogP contribution in [0.4, 0.5) is 17.2 Å². The summed E-state index contributed by atoms with van der Waals surface area (Å²) in [4.78, 5) is 90.0. The van der Waals surface area contributed by atoms with Crippen LogP contribution in [0.2, 0.25) is 0 Å². The van der Waals surface area contributed by atoms with Crippen molar-refractivity contribution in [2.24, 2.45) is 11.3 Å². The van der Waals surface area contributed by atoms with Crippen molar-refractivity contribution in [1.29, 1.82) is 0 Å². The number of carbonyl (C=O) groups is 6. The second kappa shape index (κ2) is 15.2. The van der Waals surface area contributed by atoms with E-state index in [1.807, 2.05) is 46.1 Å². The SMILES string of the molecule is COc1cc2nn(C3CC4(CCN(C(=O)C5CCN(c6ccc7c(c6)C(=O)N(C6CCC(=O)NC6=O)C7=O)CC5)CC4)C3)cc2cc1NC(=O)c1cccc(N2CC3CC2CO3)n1. The summed E-state index contributed by atoms with van der Waals surface area (Å²) in [5, 5.41) is 11.1. The number of anilines is 3. The van der Waals surface area contributed by atoms with Crippen LogP contribution in [0.5, 0.6) is 5.75 Å². The second-order valence-corrected chi connectivity index (χ2v) is 18.4. The molecular formula is C46H49N9O8. The van der Waals surface area contributed by atoms with Gasteiger partial charge in [-0.1, -0.05) is 6.07 Å². The van der Waals surface area contributed by atoms with Crippen molar-refractivity contribution in [2.45, 2.75) is 82.0 Å². The molecular weight excluding hydrogens is 807 g/mol. The van der Waals surface area contributed by atoms with Gasteiger partial charge in [-0.15, -0.1) is 0 Å². The number of nitrogens with zero attached hydrogens (tertiary/aromatic N) is 7. The number of likely N-dealkylation sites (tertiary alicyclic amines) is 1. The van der Waals surface area contributed by atoms with Gasteiger partial charge >= 0.3 is 0 Å². The fourth-order valence-electron chi connectivity index (χ4n) is 11.1. The van der Waals surface area contributed by atoms with E-state index in [0.717, 1.165) is 79.0 Å². The standard InChI is InChI=1S/C46H49N9O8/c1-62-38-20-35-27(17-36(38)48-41(57)34-3-2-4-39(47-34)53-24-31-18-29(53)25-63-31)23-54(50-35)30-21-46(22-30)11-15-52(16-12-46)43(59)26-9-13-51(14-10-26)28-5-6-32-33(19-28)45(61)55(44(32)60)37-7-8-40(56)49-42(37)58/h2-6,17,19-20,23,26,29-31,37H,7-16,18,21-22,24-25H2,1H3,(H,48,57)(H,49,56,58). The van der Waals surface area contributed by atoms with Crippen molar-refractivity contribution in [3.63, 3.8) is 0 Å². The van der Waals surface area contributed by atoms with E-state index in [4.69, 9.17) is 19.6 Å². The topological polar surface area (TPSA) is 189 Å². The molecule has 2 bridgehead atoms. The average Bonchev–Trinajstić information content (AvgIpc) is 4.09. The molecule has 6 amide bonds. The van der Waals surface area contributed by atoms with Crippen LogP contribution in [-0.4, -0.2) is 125 Å². The molecule has 2 aromatic heterocycles. The molecule has 8 heterocycles. The summed E-state index contributed by atoms with van der Waals surface area (Å²) in [7, 11) is 1.58. The summed E-state index contributed by atoms with van der Waals surface area (Å²) in [6.07, 6.45) is 8.74. The molecule has 1 aliphatic carbocycles. The maximum atomic E-state index is 13.8. The number of carbonyl (C=O) groups excluding carboxylic acids is 6. The molecule has 7 aliphatic rings. The van der Waals surface area contributed by atoms with Crippen LogP contribution in [0.15, 0.2) is 54.7 Å². The highest BCUT2D eigenvalue weighted by Crippen LogP contribution is 2.55. The third-order valence-corrected chi connectivity index (χ3v) is 14.7. The van der Waals surface area contributed by atoms with E-state index in [9.17, 15) is 28.8 Å². The van der Waals surface area contributed by atoms with Crippen LogP contribution in [0.1, 0.15) is 95.0 Å². The maximum absolute atomic E-state index is 13.8. The third-order valence-electron chi connectivity index (χ3n) is 14.7. The first kappa shape index (κ1) is 39.5. The zero-order valence-electron chi connectivity index (χ0n) is 35.1. The van der Waals surface area contributed by atoms with Crippen molar-refractivity contribution in [1.82, 2.24) is 29.9 Å². The number of piperidine rings is 3. The molecule has 5 saturated heterocycles. The zero-order chi connectivity index (χ0) is 43.1. The molecule has 6 aliphatic heterocycles. The third kappa shape index (κ3) is 6.87. The second-order valence-electron chi connectivity index (χ2n) is 18.4. The largest absolute Gasteiger partial charge is 0.494 e. The fraction of sp³-hybridized carbons (Fsp3) is 0.478. The van der Waals surface area contributed by atoms with E-state index in [1.54, 1.807) is 25.3 Å². The summed E-state index contributed by atoms with van der Waals surface area (Å²) in [5.74, 6) is -0.949. The van der Waals surface area contributed by atoms with E-state index in [-0.39, 0.29) is 59.3 Å². The number of morpholine rings is 1. The highest BCUT2D eigenvalue weighted by molar-refractivity contribution is 6.23. The van der Waals surface area contributed by atoms with Crippen LogP contribution in [-0.2, 0) is 19.1 Å². The number of ether oxygens (including phenoxy) is 2. The molecule has 1 spiro atoms. The lowest BCUT2D eigenvalue weighted by atomic mass is 9.60. The number of nitrogens with one attached hydrogen (secondary N) is 2. The fourth-order valence-corrected chi connectivity index (χ4v) is 11.1. The molecule has 3 atom stereocenters. The Morgan fingerprint density at radius 1 is 0.921 bits per heavy atom. The van der Waals surface area contributed by atoms with E-state index in [2.05, 4.69) is 20.4 Å². The monoisotopic (exact) mass is 855 g/mol. The van der Waals surface area contributed by atoms with E-state index in [0.29, 0.717) is 55.7 Å². The number of pyridine rings is 1. The molecule has 17 nitrogen and oxygen atoms in total. The lowest BCUT2D eigenvalue weighted by Crippen LogP contribution is -2.54. The number of methoxy groups -OCH3 is 1. The number of fused-ring (bicyclic) bond motifs is 4. The molecule has 4 aromatic rings. The van der Waals surface area contributed by atoms with Gasteiger partial charge in [-0.2, -0.15) is 5.10 Å². The Morgan fingerprint density at radius 3 is 2.44 bits per heavy atom. The van der Waals surface area contributed by atoms with E-state index < -0.39 is 29.7 Å². The van der Waals surface area contributed by atoms with Gasteiger partial charge in [-0.25, -0.2) is 4.98 Å². The van der Waals surface area contributed by atoms with Crippen LogP contribution in [0, 0.1) is 11.3 Å². The Hall–Kier alpha value is -6.36. The first-order chi connectivity index (χ1) is 30.5. The van der Waals surface area contributed by atoms with Crippen molar-refractivity contribution in [3.05, 3.63) is 71.5 Å². The molecule has 6 fully saturated rings. The Labute approximate surface area is 363 Å². The molecule has 63 heavy (non-hydrogen) atoms. The van der Waals surface area contributed by atoms with Crippen LogP contribution in [0.3, 0.4) is 0 Å². The van der Waals surface area contributed by atoms with Gasteiger partial charge in [-0.05, 0) is 93.2 Å². The lowest BCUT2D eigenvalue weighted by molar-refractivity contribution is -0.140. The summed E-state index contributed by atoms with van der Waals surface area (Å²) >= 11 is 0. The number of amides is 6. The van der Waals surface area contributed by atoms with Crippen LogP contribution in [0.25, 0.3) is 10.9 Å². The van der Waals surface area contributed by atoms with Gasteiger partial charge in [0.15, 0.2) is 0 Å². The molecule has 2 N–H and O–H groups in total. The maximum Gasteiger partial charge on any atom is 0.274 e. The number of imide groups is 2. The van der Waals surface area contributed by atoms with Gasteiger partial charge in [-0.3, -0.25) is 43.7 Å². The average molecular weight is 856 g/mol. The lowest BCUT2D eigenvalue weighted by Gasteiger charge is -2.52. The Kier molecular flexibility index (Phi) is 9.51. The summed E-state index contributed by atoms with van der Waals surface area (Å²) < 4.78 is 13.5. The first-order valence-electron chi connectivity index (χ1n) is 22.2. The van der Waals surface area contributed by atoms with Gasteiger partial charge in [0, 0.05) is 68.4 Å². The Balaban J connectivity index is 0.673. The highest BCUT2D eigenvalue weighted by Gasteiger charge is 2.49. The predicted molar refractivity (Wildman–Crippen MR) is 229 cm³/mol. The Bertz CT molecular complexity index is 2590. The number of benzene rings is 2. The van der Waals surface area contributed by atoms with Gasteiger partial charge in [0.25, 0.3) is 17.7 Å². The summed E-state index contributed by atoms with van der Waals surface area (Å²) in [6, 6.07) is 14.0. The number of rotatable bonds is 8. The van der Waals surface area contributed by atoms with Crippen LogP contribution < -0.4 is 25.2 Å². The number of hydrogen-bond acceptors (Lipinski definition) is 12. The van der Waals surface area contributed by atoms with Crippen molar-refractivity contribution in [3.8, 4) is 5.75 Å². The molecule has 17 heteroatoms. The minimum atomic E-state index is -1.00. The molecule has 326 valence electrons. The summed E-state index contributed by atoms with van der Waals surface area (Å²) in [6.45, 7) is 4.25. The number of aromatic nitrogens is 3. The van der Waals surface area contributed by atoms with Crippen molar-refractivity contribution in [2.75, 3.05) is 61.6 Å². The smallest absolute Gasteiger partial charge is 0.274 e. The summed E-state index contributed by atoms with van der Waals surface area (Å²) in [5.41, 5.74) is 3.18. The normalized spacial score (nSPS) is 24.6. The number of hydrogen-bond donors (Lipinski definition) is 2. The van der Waals surface area contributed by atoms with Gasteiger partial charge < -0.3 is 29.5 Å². The van der Waals surface area contributed by atoms with Gasteiger partial charge in [0.1, 0.15) is 23.3 Å². The quantitative estimate of drug-likeness (QED) is 0.244. The molecule has 3 unspecified atom stereocenters. The predicted octanol–water partition coefficient (Wildman–Crippen LogP) is 3.93. The molecule has 2 aromatic carbocycles. The molecule has 1 saturated carbocycles. The zero-order valence-corrected chi connectivity index (χ0v) is 35.1. The first-order valence-corrected chi connectivity index (χ1v) is 22.2. The molecule has 0 radical (unpaired) electrons. The van der Waals surface area contributed by atoms with Crippen molar-refractivity contribution >= 4 is 63.5 Å².